The molecule has 3 heteroatoms. The zero-order chi connectivity index (χ0) is 16.4. The number of hydrogen-bond acceptors (Lipinski definition) is 3. The number of benzene rings is 2. The van der Waals surface area contributed by atoms with Crippen LogP contribution in [-0.4, -0.2) is 24.8 Å². The molecule has 1 aliphatic heterocycles. The fourth-order valence-electron chi connectivity index (χ4n) is 3.60. The second kappa shape index (κ2) is 6.55. The number of ether oxygens (including phenoxy) is 1. The highest BCUT2D eigenvalue weighted by Gasteiger charge is 2.39. The molecular formula is C20H23NO2. The minimum Gasteiger partial charge on any atom is -0.497 e. The third-order valence-electron chi connectivity index (χ3n) is 4.95. The summed E-state index contributed by atoms with van der Waals surface area (Å²) in [6, 6.07) is 18.6. The molecule has 0 radical (unpaired) electrons. The van der Waals surface area contributed by atoms with Crippen molar-refractivity contribution in [1.82, 2.24) is 4.90 Å². The number of carbonyl (C=O) groups excluding carboxylic acids is 1. The molecule has 120 valence electrons. The second-order valence-electron chi connectivity index (χ2n) is 6.27. The molecule has 0 spiro atoms. The Morgan fingerprint density at radius 1 is 1.00 bits per heavy atom. The minimum absolute atomic E-state index is 0.0110. The van der Waals surface area contributed by atoms with Gasteiger partial charge in [0.05, 0.1) is 7.11 Å². The Labute approximate surface area is 137 Å². The summed E-state index contributed by atoms with van der Waals surface area (Å²) in [6.45, 7) is 2.04. The van der Waals surface area contributed by atoms with Crippen LogP contribution < -0.4 is 4.74 Å². The van der Waals surface area contributed by atoms with Crippen LogP contribution in [0.15, 0.2) is 54.6 Å². The Balaban J connectivity index is 1.94. The third kappa shape index (κ3) is 3.02. The van der Waals surface area contributed by atoms with Crippen molar-refractivity contribution in [2.24, 2.45) is 5.92 Å². The SMILES string of the molecule is COc1ccc([C@@H]2CC(=O)[C@@H](C)[C@H](c3ccccc3)N2C)cc1. The van der Waals surface area contributed by atoms with Gasteiger partial charge in [0, 0.05) is 24.4 Å². The van der Waals surface area contributed by atoms with Crippen LogP contribution in [0.2, 0.25) is 0 Å². The predicted octanol–water partition coefficient (Wildman–Crippen LogP) is 4.02. The fraction of sp³-hybridized carbons (Fsp3) is 0.350. The number of ketones is 1. The highest BCUT2D eigenvalue weighted by atomic mass is 16.5. The first-order valence-corrected chi connectivity index (χ1v) is 8.05. The summed E-state index contributed by atoms with van der Waals surface area (Å²) in [5.41, 5.74) is 2.36. The first-order chi connectivity index (χ1) is 11.1. The van der Waals surface area contributed by atoms with Gasteiger partial charge in [-0.2, -0.15) is 0 Å². The molecule has 1 saturated heterocycles. The first kappa shape index (κ1) is 15.8. The smallest absolute Gasteiger partial charge is 0.139 e. The van der Waals surface area contributed by atoms with Crippen LogP contribution in [0.5, 0.6) is 5.75 Å². The standard InChI is InChI=1S/C20H23NO2/c1-14-19(22)13-18(15-9-11-17(23-3)12-10-15)21(2)20(14)16-7-5-4-6-8-16/h4-12,14,18,20H,13H2,1-3H3/t14-,18+,20-/m1/s1. The van der Waals surface area contributed by atoms with E-state index in [2.05, 4.69) is 36.2 Å². The zero-order valence-electron chi connectivity index (χ0n) is 13.9. The van der Waals surface area contributed by atoms with Gasteiger partial charge in [-0.05, 0) is 30.3 Å². The van der Waals surface area contributed by atoms with E-state index in [1.807, 2.05) is 37.3 Å². The van der Waals surface area contributed by atoms with Crippen LogP contribution in [0.25, 0.3) is 0 Å². The van der Waals surface area contributed by atoms with Crippen LogP contribution in [0.3, 0.4) is 0 Å². The van der Waals surface area contributed by atoms with Gasteiger partial charge in [-0.25, -0.2) is 0 Å². The summed E-state index contributed by atoms with van der Waals surface area (Å²) in [7, 11) is 3.79. The number of hydrogen-bond donors (Lipinski definition) is 0. The van der Waals surface area contributed by atoms with Gasteiger partial charge in [-0.3, -0.25) is 9.69 Å². The van der Waals surface area contributed by atoms with Gasteiger partial charge < -0.3 is 4.74 Å². The summed E-state index contributed by atoms with van der Waals surface area (Å²) in [5, 5.41) is 0. The van der Waals surface area contributed by atoms with Crippen LogP contribution in [-0.2, 0) is 4.79 Å². The van der Waals surface area contributed by atoms with Crippen molar-refractivity contribution in [2.45, 2.75) is 25.4 Å². The molecule has 3 rings (SSSR count). The maximum absolute atomic E-state index is 12.6. The monoisotopic (exact) mass is 309 g/mol. The Hall–Kier alpha value is -2.13. The molecule has 3 atom stereocenters. The molecule has 0 N–H and O–H groups in total. The van der Waals surface area contributed by atoms with Crippen molar-refractivity contribution in [3.63, 3.8) is 0 Å². The molecule has 23 heavy (non-hydrogen) atoms. The van der Waals surface area contributed by atoms with Gasteiger partial charge in [0.15, 0.2) is 0 Å². The molecule has 0 saturated carbocycles. The predicted molar refractivity (Wildman–Crippen MR) is 91.5 cm³/mol. The van der Waals surface area contributed by atoms with E-state index in [9.17, 15) is 4.79 Å². The van der Waals surface area contributed by atoms with E-state index in [1.165, 1.54) is 5.56 Å². The lowest BCUT2D eigenvalue weighted by Crippen LogP contribution is -2.42. The molecule has 0 bridgehead atoms. The maximum atomic E-state index is 12.6. The molecule has 1 aliphatic rings. The molecule has 3 nitrogen and oxygen atoms in total. The summed E-state index contributed by atoms with van der Waals surface area (Å²) in [5.74, 6) is 1.18. The van der Waals surface area contributed by atoms with Crippen molar-refractivity contribution >= 4 is 5.78 Å². The molecule has 2 aromatic carbocycles. The van der Waals surface area contributed by atoms with Crippen molar-refractivity contribution in [3.05, 3.63) is 65.7 Å². The van der Waals surface area contributed by atoms with Crippen LogP contribution in [0, 0.1) is 5.92 Å². The van der Waals surface area contributed by atoms with E-state index in [4.69, 9.17) is 4.74 Å². The Morgan fingerprint density at radius 2 is 1.65 bits per heavy atom. The Kier molecular flexibility index (Phi) is 4.49. The average Bonchev–Trinajstić information content (AvgIpc) is 2.59. The molecule has 1 fully saturated rings. The van der Waals surface area contributed by atoms with E-state index in [0.29, 0.717) is 12.2 Å². The highest BCUT2D eigenvalue weighted by molar-refractivity contribution is 5.83. The third-order valence-corrected chi connectivity index (χ3v) is 4.95. The van der Waals surface area contributed by atoms with E-state index < -0.39 is 0 Å². The minimum atomic E-state index is 0.0110. The van der Waals surface area contributed by atoms with Gasteiger partial charge in [-0.15, -0.1) is 0 Å². The first-order valence-electron chi connectivity index (χ1n) is 8.05. The fourth-order valence-corrected chi connectivity index (χ4v) is 3.60. The zero-order valence-corrected chi connectivity index (χ0v) is 13.9. The molecule has 0 aliphatic carbocycles. The number of Topliss-reactive ketones (excluding diaryl/α,β-unsaturated/α-hetero) is 1. The summed E-state index contributed by atoms with van der Waals surface area (Å²) >= 11 is 0. The number of piperidine rings is 1. The largest absolute Gasteiger partial charge is 0.497 e. The van der Waals surface area contributed by atoms with Crippen molar-refractivity contribution < 1.29 is 9.53 Å². The van der Waals surface area contributed by atoms with Crippen LogP contribution in [0.1, 0.15) is 36.6 Å². The lowest BCUT2D eigenvalue weighted by molar-refractivity contribution is -0.130. The number of methoxy groups -OCH3 is 1. The van der Waals surface area contributed by atoms with E-state index in [1.54, 1.807) is 7.11 Å². The molecule has 0 amide bonds. The van der Waals surface area contributed by atoms with Crippen LogP contribution in [0.4, 0.5) is 0 Å². The second-order valence-corrected chi connectivity index (χ2v) is 6.27. The quantitative estimate of drug-likeness (QED) is 0.857. The van der Waals surface area contributed by atoms with Gasteiger partial charge in [0.2, 0.25) is 0 Å². The maximum Gasteiger partial charge on any atom is 0.139 e. The van der Waals surface area contributed by atoms with Gasteiger partial charge >= 0.3 is 0 Å². The average molecular weight is 309 g/mol. The Bertz CT molecular complexity index is 666. The molecule has 0 aromatic heterocycles. The topological polar surface area (TPSA) is 29.5 Å². The van der Waals surface area contributed by atoms with Crippen molar-refractivity contribution in [2.75, 3.05) is 14.2 Å². The number of likely N-dealkylation sites (tertiary alicyclic amines) is 1. The number of nitrogens with zero attached hydrogens (tertiary/aromatic N) is 1. The van der Waals surface area contributed by atoms with E-state index in [-0.39, 0.29) is 18.0 Å². The lowest BCUT2D eigenvalue weighted by Gasteiger charge is -2.43. The van der Waals surface area contributed by atoms with Crippen molar-refractivity contribution in [3.8, 4) is 5.75 Å². The van der Waals surface area contributed by atoms with Gasteiger partial charge in [0.25, 0.3) is 0 Å². The molecule has 1 heterocycles. The summed E-state index contributed by atoms with van der Waals surface area (Å²) in [6.07, 6.45) is 0.563. The molecule has 2 aromatic rings. The lowest BCUT2D eigenvalue weighted by atomic mass is 9.80. The normalized spacial score (nSPS) is 25.3. The van der Waals surface area contributed by atoms with Crippen LogP contribution >= 0.6 is 0 Å². The van der Waals surface area contributed by atoms with Gasteiger partial charge in [0.1, 0.15) is 11.5 Å². The summed E-state index contributed by atoms with van der Waals surface area (Å²) < 4.78 is 5.23. The number of rotatable bonds is 3. The highest BCUT2D eigenvalue weighted by Crippen LogP contribution is 2.42. The summed E-state index contributed by atoms with van der Waals surface area (Å²) in [4.78, 5) is 14.9. The van der Waals surface area contributed by atoms with Crippen molar-refractivity contribution in [1.29, 1.82) is 0 Å². The number of carbonyl (C=O) groups is 1. The molecular weight excluding hydrogens is 286 g/mol. The van der Waals surface area contributed by atoms with E-state index in [0.717, 1.165) is 11.3 Å². The Morgan fingerprint density at radius 3 is 2.26 bits per heavy atom. The van der Waals surface area contributed by atoms with Gasteiger partial charge in [-0.1, -0.05) is 49.4 Å². The molecule has 0 unspecified atom stereocenters. The van der Waals surface area contributed by atoms with E-state index >= 15 is 0 Å².